The molecule has 2 aliphatic heterocycles. The van der Waals surface area contributed by atoms with Crippen LogP contribution in [0.5, 0.6) is 0 Å². The average molecular weight is 570 g/mol. The van der Waals surface area contributed by atoms with Gasteiger partial charge in [-0.15, -0.1) is 0 Å². The van der Waals surface area contributed by atoms with Crippen molar-refractivity contribution in [2.45, 2.75) is 45.5 Å². The van der Waals surface area contributed by atoms with E-state index in [0.29, 0.717) is 57.9 Å². The summed E-state index contributed by atoms with van der Waals surface area (Å²) >= 11 is 0. The molecule has 0 spiro atoms. The highest BCUT2D eigenvalue weighted by Gasteiger charge is 2.30. The number of H-pyrrole nitrogens is 1. The van der Waals surface area contributed by atoms with E-state index in [2.05, 4.69) is 14.9 Å². The van der Waals surface area contributed by atoms with Crippen molar-refractivity contribution in [3.8, 4) is 0 Å². The number of aromatic nitrogens is 2. The molecule has 1 fully saturated rings. The SMILES string of the molecule is CC(C)(C)OC(=O)N1CC=C(c2cc3cc(C(=O)N4CCN(Cc5ccc(C(F)(F)F)cc5)CC4)[nH]c3cn2)CC1. The highest BCUT2D eigenvalue weighted by molar-refractivity contribution is 5.98. The minimum atomic E-state index is -4.34. The third-order valence-electron chi connectivity index (χ3n) is 7.27. The lowest BCUT2D eigenvalue weighted by Gasteiger charge is -2.34. The van der Waals surface area contributed by atoms with Crippen LogP contribution in [0.4, 0.5) is 18.0 Å². The number of amides is 2. The Kier molecular flexibility index (Phi) is 7.83. The van der Waals surface area contributed by atoms with Crippen LogP contribution in [-0.2, 0) is 17.5 Å². The quantitative estimate of drug-likeness (QED) is 0.445. The molecule has 2 aromatic heterocycles. The fraction of sp³-hybridized carbons (Fsp3) is 0.433. The molecule has 0 radical (unpaired) electrons. The van der Waals surface area contributed by atoms with E-state index in [1.54, 1.807) is 16.0 Å². The lowest BCUT2D eigenvalue weighted by molar-refractivity contribution is -0.137. The lowest BCUT2D eigenvalue weighted by atomic mass is 10.0. The van der Waals surface area contributed by atoms with Gasteiger partial charge in [0.2, 0.25) is 0 Å². The van der Waals surface area contributed by atoms with Crippen LogP contribution in [-0.4, -0.2) is 81.5 Å². The first-order valence-electron chi connectivity index (χ1n) is 13.7. The van der Waals surface area contributed by atoms with Crippen molar-refractivity contribution in [1.29, 1.82) is 0 Å². The fourth-order valence-corrected chi connectivity index (χ4v) is 5.05. The molecule has 0 bridgehead atoms. The van der Waals surface area contributed by atoms with E-state index < -0.39 is 17.3 Å². The van der Waals surface area contributed by atoms with E-state index in [1.165, 1.54) is 12.1 Å². The van der Waals surface area contributed by atoms with E-state index in [0.717, 1.165) is 39.9 Å². The number of pyridine rings is 1. The predicted molar refractivity (Wildman–Crippen MR) is 149 cm³/mol. The lowest BCUT2D eigenvalue weighted by Crippen LogP contribution is -2.48. The minimum absolute atomic E-state index is 0.0955. The average Bonchev–Trinajstić information content (AvgIpc) is 3.36. The number of fused-ring (bicyclic) bond motifs is 1. The zero-order valence-corrected chi connectivity index (χ0v) is 23.4. The maximum Gasteiger partial charge on any atom is 0.416 e. The first-order valence-corrected chi connectivity index (χ1v) is 13.7. The van der Waals surface area contributed by atoms with E-state index in [-0.39, 0.29) is 12.0 Å². The van der Waals surface area contributed by atoms with Crippen LogP contribution in [0.1, 0.15) is 54.5 Å². The summed E-state index contributed by atoms with van der Waals surface area (Å²) in [6.45, 7) is 9.38. The van der Waals surface area contributed by atoms with Crippen molar-refractivity contribution in [3.63, 3.8) is 0 Å². The van der Waals surface area contributed by atoms with Crippen LogP contribution in [0.15, 0.2) is 48.7 Å². The van der Waals surface area contributed by atoms with Gasteiger partial charge in [0.05, 0.1) is 23.0 Å². The van der Waals surface area contributed by atoms with Gasteiger partial charge in [0.25, 0.3) is 5.91 Å². The van der Waals surface area contributed by atoms with Crippen molar-refractivity contribution in [3.05, 3.63) is 71.2 Å². The molecule has 218 valence electrons. The van der Waals surface area contributed by atoms with Gasteiger partial charge < -0.3 is 19.5 Å². The molecule has 11 heteroatoms. The van der Waals surface area contributed by atoms with Crippen LogP contribution in [0.25, 0.3) is 16.5 Å². The van der Waals surface area contributed by atoms with Gasteiger partial charge in [0.15, 0.2) is 0 Å². The Morgan fingerprint density at radius 1 is 0.976 bits per heavy atom. The fourth-order valence-electron chi connectivity index (χ4n) is 5.05. The number of ether oxygens (including phenoxy) is 1. The van der Waals surface area contributed by atoms with Gasteiger partial charge >= 0.3 is 12.3 Å². The van der Waals surface area contributed by atoms with Crippen LogP contribution in [0.2, 0.25) is 0 Å². The minimum Gasteiger partial charge on any atom is -0.444 e. The molecule has 0 aliphatic carbocycles. The summed E-state index contributed by atoms with van der Waals surface area (Å²) in [4.78, 5) is 39.0. The molecule has 0 saturated carbocycles. The zero-order chi connectivity index (χ0) is 29.4. The molecule has 41 heavy (non-hydrogen) atoms. The molecule has 5 rings (SSSR count). The summed E-state index contributed by atoms with van der Waals surface area (Å²) in [5, 5.41) is 0.884. The summed E-state index contributed by atoms with van der Waals surface area (Å²) in [7, 11) is 0. The van der Waals surface area contributed by atoms with Gasteiger partial charge in [-0.25, -0.2) is 4.79 Å². The second-order valence-corrected chi connectivity index (χ2v) is 11.5. The molecule has 1 N–H and O–H groups in total. The Morgan fingerprint density at radius 3 is 2.29 bits per heavy atom. The summed E-state index contributed by atoms with van der Waals surface area (Å²) in [6.07, 6.45) is -0.298. The largest absolute Gasteiger partial charge is 0.444 e. The molecule has 1 aromatic carbocycles. The summed E-state index contributed by atoms with van der Waals surface area (Å²) < 4.78 is 43.9. The van der Waals surface area contributed by atoms with Crippen molar-refractivity contribution in [2.75, 3.05) is 39.3 Å². The molecule has 0 unspecified atom stereocenters. The van der Waals surface area contributed by atoms with E-state index in [9.17, 15) is 22.8 Å². The normalized spacial score (nSPS) is 17.1. The number of benzene rings is 1. The third kappa shape index (κ3) is 6.90. The van der Waals surface area contributed by atoms with Gasteiger partial charge in [0, 0.05) is 51.2 Å². The molecular formula is C30H34F3N5O3. The molecule has 2 amide bonds. The van der Waals surface area contributed by atoms with Crippen molar-refractivity contribution >= 4 is 28.5 Å². The maximum absolute atomic E-state index is 13.2. The topological polar surface area (TPSA) is 81.8 Å². The van der Waals surface area contributed by atoms with Gasteiger partial charge in [-0.1, -0.05) is 18.2 Å². The maximum atomic E-state index is 13.2. The molecular weight excluding hydrogens is 535 g/mol. The Labute approximate surface area is 236 Å². The van der Waals surface area contributed by atoms with E-state index in [4.69, 9.17) is 4.74 Å². The monoisotopic (exact) mass is 569 g/mol. The summed E-state index contributed by atoms with van der Waals surface area (Å²) in [5.74, 6) is -0.0955. The van der Waals surface area contributed by atoms with Crippen molar-refractivity contribution in [2.24, 2.45) is 0 Å². The first-order chi connectivity index (χ1) is 19.4. The molecule has 1 saturated heterocycles. The second-order valence-electron chi connectivity index (χ2n) is 11.5. The molecule has 0 atom stereocenters. The number of hydrogen-bond acceptors (Lipinski definition) is 5. The number of alkyl halides is 3. The van der Waals surface area contributed by atoms with Crippen molar-refractivity contribution in [1.82, 2.24) is 24.7 Å². The highest BCUT2D eigenvalue weighted by atomic mass is 19.4. The Morgan fingerprint density at radius 2 is 1.68 bits per heavy atom. The second kappa shape index (κ2) is 11.2. The first kappa shape index (κ1) is 28.7. The Hall–Kier alpha value is -3.86. The van der Waals surface area contributed by atoms with Gasteiger partial charge in [-0.2, -0.15) is 13.2 Å². The number of halogens is 3. The number of rotatable bonds is 4. The standard InChI is InChI=1S/C30H34F3N5O3/c1-29(2,3)41-28(40)38-10-8-21(9-11-38)24-16-22-17-25(35-26(22)18-34-24)27(39)37-14-12-36(13-15-37)19-20-4-6-23(7-5-20)30(31,32)33/h4-8,16-18,35H,9-15,19H2,1-3H3. The zero-order valence-electron chi connectivity index (χ0n) is 23.4. The summed E-state index contributed by atoms with van der Waals surface area (Å²) in [6, 6.07) is 9.03. The van der Waals surface area contributed by atoms with Crippen LogP contribution in [0.3, 0.4) is 0 Å². The van der Waals surface area contributed by atoms with E-state index in [1.807, 2.05) is 39.0 Å². The van der Waals surface area contributed by atoms with Gasteiger partial charge in [0.1, 0.15) is 11.3 Å². The Bertz CT molecular complexity index is 1450. The number of piperazine rings is 1. The molecule has 2 aliphatic rings. The Balaban J connectivity index is 1.17. The number of nitrogens with one attached hydrogen (secondary N) is 1. The molecule has 4 heterocycles. The predicted octanol–water partition coefficient (Wildman–Crippen LogP) is 5.56. The highest BCUT2D eigenvalue weighted by Crippen LogP contribution is 2.29. The number of carbonyl (C=O) groups excluding carboxylic acids is 2. The third-order valence-corrected chi connectivity index (χ3v) is 7.27. The number of aromatic amines is 1. The van der Waals surface area contributed by atoms with Crippen molar-refractivity contribution < 1.29 is 27.5 Å². The number of carbonyl (C=O) groups is 2. The van der Waals surface area contributed by atoms with Gasteiger partial charge in [-0.3, -0.25) is 14.7 Å². The van der Waals surface area contributed by atoms with E-state index >= 15 is 0 Å². The molecule has 8 nitrogen and oxygen atoms in total. The number of hydrogen-bond donors (Lipinski definition) is 1. The van der Waals surface area contributed by atoms with Gasteiger partial charge in [-0.05, 0) is 62.6 Å². The van der Waals surface area contributed by atoms with Crippen LogP contribution in [0, 0.1) is 0 Å². The number of nitrogens with zero attached hydrogens (tertiary/aromatic N) is 4. The van der Waals surface area contributed by atoms with Crippen LogP contribution < -0.4 is 0 Å². The smallest absolute Gasteiger partial charge is 0.416 e. The van der Waals surface area contributed by atoms with Crippen LogP contribution >= 0.6 is 0 Å². The molecule has 3 aromatic rings. The summed E-state index contributed by atoms with van der Waals surface area (Å²) in [5.41, 5.74) is 2.73.